The molecule has 0 aromatic carbocycles. The summed E-state index contributed by atoms with van der Waals surface area (Å²) in [4.78, 5) is 11.7. The van der Waals surface area contributed by atoms with E-state index in [0.29, 0.717) is 18.0 Å². The predicted octanol–water partition coefficient (Wildman–Crippen LogP) is 0.300. The van der Waals surface area contributed by atoms with Gasteiger partial charge < -0.3 is 10.4 Å². The molecule has 1 aliphatic carbocycles. The third kappa shape index (κ3) is 2.56. The summed E-state index contributed by atoms with van der Waals surface area (Å²) in [6.07, 6.45) is 4.47. The van der Waals surface area contributed by atoms with Crippen LogP contribution >= 0.6 is 0 Å². The van der Waals surface area contributed by atoms with Gasteiger partial charge in [0.05, 0.1) is 0 Å². The van der Waals surface area contributed by atoms with Gasteiger partial charge in [-0.1, -0.05) is 0 Å². The van der Waals surface area contributed by atoms with Crippen LogP contribution < -0.4 is 5.32 Å². The van der Waals surface area contributed by atoms with E-state index < -0.39 is 0 Å². The fraction of sp³-hybridized carbons (Fsp3) is 0.600. The molecule has 0 bridgehead atoms. The molecule has 5 heteroatoms. The summed E-state index contributed by atoms with van der Waals surface area (Å²) in [7, 11) is 0. The van der Waals surface area contributed by atoms with E-state index in [1.165, 1.54) is 0 Å². The molecule has 1 fully saturated rings. The van der Waals surface area contributed by atoms with Gasteiger partial charge in [-0.05, 0) is 31.2 Å². The standard InChI is InChI=1S/C10H15N3O2/c14-6-4-8(7-1-2-7)12-10(15)9-3-5-11-13-9/h3,5,7-8,14H,1-2,4,6H2,(H,11,13)(H,12,15). The lowest BCUT2D eigenvalue weighted by atomic mass is 10.1. The highest BCUT2D eigenvalue weighted by molar-refractivity contribution is 5.92. The van der Waals surface area contributed by atoms with Gasteiger partial charge in [-0.25, -0.2) is 0 Å². The third-order valence-electron chi connectivity index (χ3n) is 2.69. The predicted molar refractivity (Wildman–Crippen MR) is 54.3 cm³/mol. The molecule has 0 radical (unpaired) electrons. The van der Waals surface area contributed by atoms with Crippen LogP contribution in [0.1, 0.15) is 29.8 Å². The largest absolute Gasteiger partial charge is 0.396 e. The Morgan fingerprint density at radius 3 is 3.07 bits per heavy atom. The van der Waals surface area contributed by atoms with Crippen molar-refractivity contribution in [1.82, 2.24) is 15.5 Å². The Balaban J connectivity index is 1.91. The van der Waals surface area contributed by atoms with Crippen LogP contribution in [0.25, 0.3) is 0 Å². The monoisotopic (exact) mass is 209 g/mol. The number of rotatable bonds is 5. The fourth-order valence-corrected chi connectivity index (χ4v) is 1.69. The van der Waals surface area contributed by atoms with E-state index in [-0.39, 0.29) is 18.6 Å². The van der Waals surface area contributed by atoms with Crippen molar-refractivity contribution >= 4 is 5.91 Å². The second kappa shape index (κ2) is 4.44. The lowest BCUT2D eigenvalue weighted by Crippen LogP contribution is -2.37. The first-order valence-corrected chi connectivity index (χ1v) is 5.22. The maximum absolute atomic E-state index is 11.7. The first kappa shape index (κ1) is 10.2. The van der Waals surface area contributed by atoms with Crippen LogP contribution in [0.4, 0.5) is 0 Å². The molecule has 1 unspecified atom stereocenters. The summed E-state index contributed by atoms with van der Waals surface area (Å²) in [6.45, 7) is 0.115. The smallest absolute Gasteiger partial charge is 0.269 e. The molecule has 0 spiro atoms. The highest BCUT2D eigenvalue weighted by Gasteiger charge is 2.32. The average Bonchev–Trinajstić information content (AvgIpc) is 2.92. The number of aliphatic hydroxyl groups excluding tert-OH is 1. The van der Waals surface area contributed by atoms with Gasteiger partial charge in [-0.2, -0.15) is 5.10 Å². The number of nitrogens with one attached hydrogen (secondary N) is 2. The molecular formula is C10H15N3O2. The summed E-state index contributed by atoms with van der Waals surface area (Å²) >= 11 is 0. The molecule has 1 heterocycles. The van der Waals surface area contributed by atoms with Gasteiger partial charge in [0.15, 0.2) is 0 Å². The molecular weight excluding hydrogens is 194 g/mol. The summed E-state index contributed by atoms with van der Waals surface area (Å²) in [5.74, 6) is 0.405. The third-order valence-corrected chi connectivity index (χ3v) is 2.69. The van der Waals surface area contributed by atoms with Gasteiger partial charge in [0, 0.05) is 18.8 Å². The SMILES string of the molecule is O=C(NC(CCO)C1CC1)c1ccn[nH]1. The summed E-state index contributed by atoms with van der Waals surface area (Å²) < 4.78 is 0. The Bertz CT molecular complexity index is 319. The van der Waals surface area contributed by atoms with Crippen LogP contribution in [0.3, 0.4) is 0 Å². The van der Waals surface area contributed by atoms with Crippen molar-refractivity contribution in [2.24, 2.45) is 5.92 Å². The molecule has 3 N–H and O–H groups in total. The van der Waals surface area contributed by atoms with Crippen molar-refractivity contribution in [2.45, 2.75) is 25.3 Å². The molecule has 1 amide bonds. The minimum absolute atomic E-state index is 0.103. The summed E-state index contributed by atoms with van der Waals surface area (Å²) in [5.41, 5.74) is 0.471. The van der Waals surface area contributed by atoms with Gasteiger partial charge in [-0.3, -0.25) is 9.89 Å². The van der Waals surface area contributed by atoms with Crippen LogP contribution in [-0.4, -0.2) is 33.9 Å². The number of H-pyrrole nitrogens is 1. The minimum Gasteiger partial charge on any atom is -0.396 e. The first-order valence-electron chi connectivity index (χ1n) is 5.22. The van der Waals surface area contributed by atoms with Crippen molar-refractivity contribution in [3.8, 4) is 0 Å². The summed E-state index contributed by atoms with van der Waals surface area (Å²) in [6, 6.07) is 1.74. The van der Waals surface area contributed by atoms with E-state index in [4.69, 9.17) is 5.11 Å². The zero-order chi connectivity index (χ0) is 10.7. The topological polar surface area (TPSA) is 78.0 Å². The molecule has 1 saturated carbocycles. The Morgan fingerprint density at radius 2 is 2.53 bits per heavy atom. The number of amides is 1. The van der Waals surface area contributed by atoms with Crippen molar-refractivity contribution in [3.05, 3.63) is 18.0 Å². The van der Waals surface area contributed by atoms with Crippen molar-refractivity contribution < 1.29 is 9.90 Å². The summed E-state index contributed by atoms with van der Waals surface area (Å²) in [5, 5.41) is 18.1. The van der Waals surface area contributed by atoms with Gasteiger partial charge in [0.1, 0.15) is 5.69 Å². The van der Waals surface area contributed by atoms with E-state index >= 15 is 0 Å². The average molecular weight is 209 g/mol. The zero-order valence-corrected chi connectivity index (χ0v) is 8.44. The number of aromatic amines is 1. The number of nitrogens with zero attached hydrogens (tertiary/aromatic N) is 1. The Morgan fingerprint density at radius 1 is 1.73 bits per heavy atom. The molecule has 1 aliphatic rings. The molecule has 82 valence electrons. The molecule has 15 heavy (non-hydrogen) atoms. The van der Waals surface area contributed by atoms with Crippen LogP contribution in [0.5, 0.6) is 0 Å². The maximum atomic E-state index is 11.7. The fourth-order valence-electron chi connectivity index (χ4n) is 1.69. The van der Waals surface area contributed by atoms with Crippen molar-refractivity contribution in [1.29, 1.82) is 0 Å². The van der Waals surface area contributed by atoms with Crippen LogP contribution in [0, 0.1) is 5.92 Å². The van der Waals surface area contributed by atoms with Crippen LogP contribution in [0.15, 0.2) is 12.3 Å². The lowest BCUT2D eigenvalue weighted by Gasteiger charge is -2.16. The van der Waals surface area contributed by atoms with Gasteiger partial charge in [-0.15, -0.1) is 0 Å². The Labute approximate surface area is 87.9 Å². The second-order valence-electron chi connectivity index (χ2n) is 3.90. The molecule has 1 aromatic rings. The number of carbonyl (C=O) groups is 1. The zero-order valence-electron chi connectivity index (χ0n) is 8.44. The number of hydrogen-bond acceptors (Lipinski definition) is 3. The van der Waals surface area contributed by atoms with E-state index in [2.05, 4.69) is 15.5 Å². The molecule has 1 aromatic heterocycles. The van der Waals surface area contributed by atoms with Crippen LogP contribution in [0.2, 0.25) is 0 Å². The van der Waals surface area contributed by atoms with E-state index in [1.54, 1.807) is 12.3 Å². The highest BCUT2D eigenvalue weighted by atomic mass is 16.3. The van der Waals surface area contributed by atoms with Gasteiger partial charge >= 0.3 is 0 Å². The van der Waals surface area contributed by atoms with Crippen molar-refractivity contribution in [3.63, 3.8) is 0 Å². The highest BCUT2D eigenvalue weighted by Crippen LogP contribution is 2.33. The molecule has 1 atom stereocenters. The Kier molecular flexibility index (Phi) is 3.01. The van der Waals surface area contributed by atoms with E-state index in [1.807, 2.05) is 0 Å². The normalized spacial score (nSPS) is 17.4. The lowest BCUT2D eigenvalue weighted by molar-refractivity contribution is 0.0919. The van der Waals surface area contributed by atoms with E-state index in [9.17, 15) is 4.79 Å². The number of aromatic nitrogens is 2. The van der Waals surface area contributed by atoms with Crippen LogP contribution in [-0.2, 0) is 0 Å². The number of hydrogen-bond donors (Lipinski definition) is 3. The quantitative estimate of drug-likeness (QED) is 0.652. The number of aliphatic hydroxyl groups is 1. The molecule has 0 aliphatic heterocycles. The second-order valence-corrected chi connectivity index (χ2v) is 3.90. The Hall–Kier alpha value is -1.36. The van der Waals surface area contributed by atoms with Gasteiger partial charge in [0.2, 0.25) is 0 Å². The first-order chi connectivity index (χ1) is 7.31. The molecule has 5 nitrogen and oxygen atoms in total. The molecule has 0 saturated heterocycles. The maximum Gasteiger partial charge on any atom is 0.269 e. The molecule has 2 rings (SSSR count). The van der Waals surface area contributed by atoms with E-state index in [0.717, 1.165) is 12.8 Å². The van der Waals surface area contributed by atoms with Crippen molar-refractivity contribution in [2.75, 3.05) is 6.61 Å². The van der Waals surface area contributed by atoms with Gasteiger partial charge in [0.25, 0.3) is 5.91 Å². The minimum atomic E-state index is -0.141. The number of carbonyl (C=O) groups excluding carboxylic acids is 1.